The zero-order valence-corrected chi connectivity index (χ0v) is 42.6. The van der Waals surface area contributed by atoms with E-state index in [4.69, 9.17) is 9.97 Å². The number of aromatic nitrogens is 2. The van der Waals surface area contributed by atoms with Crippen LogP contribution in [0, 0.1) is 18.1 Å². The summed E-state index contributed by atoms with van der Waals surface area (Å²) >= 11 is 1.86. The van der Waals surface area contributed by atoms with E-state index in [9.17, 15) is 1.37 Å². The molecule has 3 heterocycles. The van der Waals surface area contributed by atoms with Crippen molar-refractivity contribution in [3.05, 3.63) is 187 Å². The SMILES string of the molecule is [2H]C1(c2cc(-c3[c-]cc(-c4ccccc4)c(-c4ccccc4)c3)ncc2[Si](C)(C)C)CCCC1.[Ir].[c-]1ccc2c(sc3ccc(-c4ccccc4)cc32)c1-c1cc(CC2CCCCC2)ccn1. The number of hydrogen-bond acceptors (Lipinski definition) is 3. The van der Waals surface area contributed by atoms with Crippen LogP contribution < -0.4 is 5.19 Å². The number of benzene rings is 6. The molecule has 0 saturated heterocycles. The largest absolute Gasteiger partial charge is 0.305 e. The minimum Gasteiger partial charge on any atom is -0.305 e. The molecule has 11 rings (SSSR count). The molecule has 333 valence electrons. The molecule has 0 spiro atoms. The number of thiophene rings is 1. The zero-order chi connectivity index (χ0) is 45.1. The molecule has 2 saturated carbocycles. The van der Waals surface area contributed by atoms with E-state index in [0.29, 0.717) is 0 Å². The molecule has 2 aliphatic carbocycles. The van der Waals surface area contributed by atoms with Gasteiger partial charge in [-0.25, -0.2) is 0 Å². The van der Waals surface area contributed by atoms with Crippen molar-refractivity contribution in [3.63, 3.8) is 0 Å². The van der Waals surface area contributed by atoms with Gasteiger partial charge in [0.1, 0.15) is 0 Å². The van der Waals surface area contributed by atoms with Crippen LogP contribution in [0.4, 0.5) is 0 Å². The van der Waals surface area contributed by atoms with Gasteiger partial charge >= 0.3 is 0 Å². The molecule has 0 bridgehead atoms. The normalized spacial score (nSPS) is 15.2. The van der Waals surface area contributed by atoms with E-state index < -0.39 is 14.0 Å². The molecule has 5 heteroatoms. The van der Waals surface area contributed by atoms with Gasteiger partial charge in [0.15, 0.2) is 0 Å². The van der Waals surface area contributed by atoms with Crippen LogP contribution in [0.1, 0.15) is 76.2 Å². The average molecular weight is 1070 g/mol. The molecule has 0 amide bonds. The van der Waals surface area contributed by atoms with E-state index >= 15 is 0 Å². The molecule has 2 aliphatic rings. The summed E-state index contributed by atoms with van der Waals surface area (Å²) in [7, 11) is -1.63. The summed E-state index contributed by atoms with van der Waals surface area (Å²) in [4.78, 5) is 9.70. The summed E-state index contributed by atoms with van der Waals surface area (Å²) in [5.74, 6) is 0.346. The van der Waals surface area contributed by atoms with Crippen molar-refractivity contribution < 1.29 is 21.5 Å². The predicted octanol–water partition coefficient (Wildman–Crippen LogP) is 16.8. The summed E-state index contributed by atoms with van der Waals surface area (Å²) < 4.78 is 11.9. The Morgan fingerprint density at radius 1 is 0.621 bits per heavy atom. The number of rotatable bonds is 9. The molecule has 3 aromatic heterocycles. The van der Waals surface area contributed by atoms with Crippen LogP contribution in [0.2, 0.25) is 19.6 Å². The van der Waals surface area contributed by atoms with Crippen molar-refractivity contribution in [2.75, 3.05) is 0 Å². The molecule has 9 aromatic rings. The monoisotopic (exact) mass is 1070 g/mol. The van der Waals surface area contributed by atoms with Gasteiger partial charge in [-0.3, -0.25) is 0 Å². The third-order valence-electron chi connectivity index (χ3n) is 13.6. The van der Waals surface area contributed by atoms with Crippen LogP contribution in [0.5, 0.6) is 0 Å². The van der Waals surface area contributed by atoms with Gasteiger partial charge in [-0.15, -0.1) is 47.5 Å². The van der Waals surface area contributed by atoms with E-state index in [0.717, 1.165) is 54.1 Å². The van der Waals surface area contributed by atoms with Gasteiger partial charge in [0.25, 0.3) is 0 Å². The van der Waals surface area contributed by atoms with E-state index in [1.54, 1.807) is 0 Å². The smallest absolute Gasteiger partial charge is 0.0799 e. The third kappa shape index (κ3) is 10.2. The van der Waals surface area contributed by atoms with Gasteiger partial charge in [-0.2, -0.15) is 11.3 Å². The quantitative estimate of drug-likeness (QED) is 0.106. The summed E-state index contributed by atoms with van der Waals surface area (Å²) in [6.07, 6.45) is 16.4. The summed E-state index contributed by atoms with van der Waals surface area (Å²) in [6, 6.07) is 60.9. The van der Waals surface area contributed by atoms with Crippen molar-refractivity contribution in [1.29, 1.82) is 0 Å². The summed E-state index contributed by atoms with van der Waals surface area (Å²) in [6.45, 7) is 7.08. The van der Waals surface area contributed by atoms with E-state index in [-0.39, 0.29) is 20.1 Å². The van der Waals surface area contributed by atoms with Gasteiger partial charge in [0.2, 0.25) is 0 Å². The first-order chi connectivity index (χ1) is 32.2. The fourth-order valence-electron chi connectivity index (χ4n) is 10.1. The fraction of sp³-hybridized carbons (Fsp3) is 0.246. The van der Waals surface area contributed by atoms with Crippen molar-refractivity contribution in [1.82, 2.24) is 9.97 Å². The molecular formula is C61H58IrN2SSi-2. The van der Waals surface area contributed by atoms with Gasteiger partial charge in [-0.05, 0) is 92.6 Å². The standard InChI is InChI=1S/C31H32NSi.C30H26NS.Ir/c1-33(2,3)31-22-32-30(21-29(31)25-16-10-11-17-25)26-18-19-27(23-12-6-4-7-13-23)28(20-26)24-14-8-5-9-15-24;1-3-8-21(9-4-1)18-22-16-17-31-28(19-22)26-13-7-12-25-27-20-24(23-10-5-2-6-11-23)14-15-29(27)32-30(25)26;/h4-9,12-15,19-22,25H,10-11,16-17H2,1-3H3;2,5-7,10-12,14-17,19-21H,1,3-4,8-9,18H2;/q2*-1;/i25D;;. The Morgan fingerprint density at radius 3 is 1.98 bits per heavy atom. The molecular weight excluding hydrogens is 1010 g/mol. The number of hydrogen-bond donors (Lipinski definition) is 0. The Labute approximate surface area is 412 Å². The first-order valence-corrected chi connectivity index (χ1v) is 28.1. The molecule has 6 aromatic carbocycles. The van der Waals surface area contributed by atoms with E-state index in [2.05, 4.69) is 190 Å². The topological polar surface area (TPSA) is 25.8 Å². The number of nitrogens with zero attached hydrogens (tertiary/aromatic N) is 2. The van der Waals surface area contributed by atoms with Crippen LogP contribution in [0.3, 0.4) is 0 Å². The summed E-state index contributed by atoms with van der Waals surface area (Å²) in [5, 5.41) is 3.95. The van der Waals surface area contributed by atoms with Crippen molar-refractivity contribution in [2.24, 2.45) is 5.92 Å². The molecule has 2 fully saturated rings. The third-order valence-corrected chi connectivity index (χ3v) is 16.8. The van der Waals surface area contributed by atoms with Gasteiger partial charge in [0, 0.05) is 38.6 Å². The maximum atomic E-state index is 9.31. The van der Waals surface area contributed by atoms with Crippen molar-refractivity contribution in [3.8, 4) is 55.9 Å². The first kappa shape index (κ1) is 44.5. The molecule has 0 unspecified atom stereocenters. The van der Waals surface area contributed by atoms with Gasteiger partial charge < -0.3 is 9.97 Å². The minimum atomic E-state index is -1.63. The van der Waals surface area contributed by atoms with Crippen LogP contribution in [0.15, 0.2) is 164 Å². The van der Waals surface area contributed by atoms with Crippen LogP contribution in [0.25, 0.3) is 76.1 Å². The van der Waals surface area contributed by atoms with Crippen LogP contribution in [-0.2, 0) is 26.5 Å². The Balaban J connectivity index is 0.000000166. The zero-order valence-electron chi connectivity index (χ0n) is 39.4. The number of fused-ring (bicyclic) bond motifs is 3. The maximum Gasteiger partial charge on any atom is 0.0799 e. The predicted molar refractivity (Wildman–Crippen MR) is 281 cm³/mol. The van der Waals surface area contributed by atoms with Gasteiger partial charge in [-0.1, -0.05) is 207 Å². The molecule has 0 atom stereocenters. The molecule has 0 aliphatic heterocycles. The second-order valence-corrected chi connectivity index (χ2v) is 25.2. The minimum absolute atomic E-state index is 0. The van der Waals surface area contributed by atoms with E-state index in [1.165, 1.54) is 108 Å². The first-order valence-electron chi connectivity index (χ1n) is 24.3. The molecule has 0 N–H and O–H groups in total. The Morgan fingerprint density at radius 2 is 1.29 bits per heavy atom. The Hall–Kier alpha value is -5.29. The van der Waals surface area contributed by atoms with Gasteiger partial charge in [0.05, 0.1) is 8.07 Å². The maximum absolute atomic E-state index is 9.31. The van der Waals surface area contributed by atoms with E-state index in [1.807, 2.05) is 17.5 Å². The fourth-order valence-corrected chi connectivity index (χ4v) is 12.8. The summed E-state index contributed by atoms with van der Waals surface area (Å²) in [5.41, 5.74) is 14.0. The second kappa shape index (κ2) is 20.7. The Bertz CT molecular complexity index is 3100. The second-order valence-electron chi connectivity index (χ2n) is 19.1. The average Bonchev–Trinajstić information content (AvgIpc) is 3.99. The van der Waals surface area contributed by atoms with Crippen LogP contribution in [-0.4, -0.2) is 18.0 Å². The molecule has 66 heavy (non-hydrogen) atoms. The Kier molecular flexibility index (Phi) is 14.0. The van der Waals surface area contributed by atoms with Crippen LogP contribution >= 0.6 is 11.3 Å². The number of pyridine rings is 2. The van der Waals surface area contributed by atoms with Crippen molar-refractivity contribution >= 4 is 44.8 Å². The molecule has 2 nitrogen and oxygen atoms in total. The molecule has 1 radical (unpaired) electrons. The van der Waals surface area contributed by atoms with Crippen molar-refractivity contribution in [2.45, 2.75) is 89.7 Å².